The second-order valence-electron chi connectivity index (χ2n) is 7.11. The van der Waals surface area contributed by atoms with Crippen LogP contribution in [0.4, 0.5) is 4.39 Å². The number of hydrogen-bond donors (Lipinski definition) is 1. The lowest BCUT2D eigenvalue weighted by Gasteiger charge is -2.20. The van der Waals surface area contributed by atoms with E-state index < -0.39 is 6.10 Å². The molecule has 1 fully saturated rings. The van der Waals surface area contributed by atoms with Crippen molar-refractivity contribution < 1.29 is 14.3 Å². The smallest absolute Gasteiger partial charge is 0.274 e. The van der Waals surface area contributed by atoms with E-state index in [0.29, 0.717) is 18.2 Å². The van der Waals surface area contributed by atoms with Gasteiger partial charge in [0.2, 0.25) is 0 Å². The maximum absolute atomic E-state index is 13.2. The van der Waals surface area contributed by atoms with Crippen molar-refractivity contribution in [2.75, 3.05) is 13.6 Å². The number of fused-ring (bicyclic) bond motifs is 1. The van der Waals surface area contributed by atoms with Gasteiger partial charge in [0.1, 0.15) is 5.82 Å². The molecule has 6 heteroatoms. The van der Waals surface area contributed by atoms with Crippen LogP contribution in [0.1, 0.15) is 41.0 Å². The maximum atomic E-state index is 13.2. The van der Waals surface area contributed by atoms with E-state index in [1.165, 1.54) is 12.1 Å². The lowest BCUT2D eigenvalue weighted by Crippen LogP contribution is -2.35. The average molecular weight is 343 g/mol. The maximum Gasteiger partial charge on any atom is 0.274 e. The van der Waals surface area contributed by atoms with E-state index in [0.717, 1.165) is 49.0 Å². The second kappa shape index (κ2) is 6.26. The summed E-state index contributed by atoms with van der Waals surface area (Å²) in [7, 11) is 1.71. The predicted octanol–water partition coefficient (Wildman–Crippen LogP) is 2.34. The Morgan fingerprint density at radius 2 is 2.08 bits per heavy atom. The molecule has 2 aliphatic carbocycles. The van der Waals surface area contributed by atoms with E-state index >= 15 is 0 Å². The first kappa shape index (κ1) is 16.3. The van der Waals surface area contributed by atoms with Crippen molar-refractivity contribution in [1.29, 1.82) is 0 Å². The van der Waals surface area contributed by atoms with Crippen LogP contribution in [0.25, 0.3) is 5.69 Å². The summed E-state index contributed by atoms with van der Waals surface area (Å²) < 4.78 is 15.0. The van der Waals surface area contributed by atoms with Crippen LogP contribution in [0, 0.1) is 11.7 Å². The number of benzene rings is 1. The third-order valence-corrected chi connectivity index (χ3v) is 5.18. The third-order valence-electron chi connectivity index (χ3n) is 5.18. The first-order valence-corrected chi connectivity index (χ1v) is 8.85. The Morgan fingerprint density at radius 3 is 2.76 bits per heavy atom. The fourth-order valence-electron chi connectivity index (χ4n) is 3.58. The number of aromatic nitrogens is 2. The molecular weight excluding hydrogens is 321 g/mol. The van der Waals surface area contributed by atoms with Crippen molar-refractivity contribution in [2.45, 2.75) is 38.2 Å². The summed E-state index contributed by atoms with van der Waals surface area (Å²) in [5.74, 6) is -0.117. The normalized spacial score (nSPS) is 17.4. The molecule has 1 amide bonds. The molecule has 0 bridgehead atoms. The Balaban J connectivity index is 1.62. The van der Waals surface area contributed by atoms with Crippen molar-refractivity contribution in [3.05, 3.63) is 47.0 Å². The number of nitrogens with zero attached hydrogens (tertiary/aromatic N) is 3. The van der Waals surface area contributed by atoms with Crippen molar-refractivity contribution in [3.63, 3.8) is 0 Å². The molecule has 0 saturated heterocycles. The summed E-state index contributed by atoms with van der Waals surface area (Å²) in [6, 6.07) is 6.15. The van der Waals surface area contributed by atoms with E-state index in [2.05, 4.69) is 5.10 Å². The van der Waals surface area contributed by atoms with E-state index in [1.807, 2.05) is 0 Å². The molecule has 5 nitrogen and oxygen atoms in total. The largest absolute Gasteiger partial charge is 0.391 e. The van der Waals surface area contributed by atoms with Crippen LogP contribution in [0.3, 0.4) is 0 Å². The Hall–Kier alpha value is -2.21. The number of aliphatic hydroxyl groups is 1. The summed E-state index contributed by atoms with van der Waals surface area (Å²) in [4.78, 5) is 14.4. The van der Waals surface area contributed by atoms with E-state index in [-0.39, 0.29) is 11.7 Å². The van der Waals surface area contributed by atoms with Crippen molar-refractivity contribution >= 4 is 5.91 Å². The fraction of sp³-hybridized carbons (Fsp3) is 0.474. The van der Waals surface area contributed by atoms with Crippen molar-refractivity contribution in [2.24, 2.45) is 5.92 Å². The van der Waals surface area contributed by atoms with Crippen LogP contribution in [0.15, 0.2) is 24.3 Å². The SMILES string of the molecule is CN(CC(O)C1CC1)C(=O)c1nn(-c2ccc(F)cc2)c2c1CCC2. The number of amides is 1. The Kier molecular flexibility index (Phi) is 4.07. The number of rotatable bonds is 5. The monoisotopic (exact) mass is 343 g/mol. The highest BCUT2D eigenvalue weighted by atomic mass is 19.1. The molecule has 25 heavy (non-hydrogen) atoms. The molecular formula is C19H22FN3O2. The van der Waals surface area contributed by atoms with E-state index in [4.69, 9.17) is 0 Å². The Labute approximate surface area is 146 Å². The molecule has 4 rings (SSSR count). The third kappa shape index (κ3) is 3.06. The lowest BCUT2D eigenvalue weighted by atomic mass is 10.1. The summed E-state index contributed by atoms with van der Waals surface area (Å²) in [6.07, 6.45) is 4.30. The Morgan fingerprint density at radius 1 is 1.36 bits per heavy atom. The highest BCUT2D eigenvalue weighted by molar-refractivity contribution is 5.94. The minimum Gasteiger partial charge on any atom is -0.391 e. The number of hydrogen-bond acceptors (Lipinski definition) is 3. The quantitative estimate of drug-likeness (QED) is 0.907. The number of aliphatic hydroxyl groups excluding tert-OH is 1. The zero-order valence-corrected chi connectivity index (χ0v) is 14.3. The molecule has 1 aromatic heterocycles. The van der Waals surface area contributed by atoms with Crippen LogP contribution < -0.4 is 0 Å². The Bertz CT molecular complexity index is 796. The minimum atomic E-state index is -0.457. The van der Waals surface area contributed by atoms with Gasteiger partial charge in [0.25, 0.3) is 5.91 Å². The number of carbonyl (C=O) groups is 1. The summed E-state index contributed by atoms with van der Waals surface area (Å²) in [5.41, 5.74) is 3.25. The molecule has 1 saturated carbocycles. The van der Waals surface area contributed by atoms with Crippen LogP contribution in [-0.2, 0) is 12.8 Å². The van der Waals surface area contributed by atoms with Gasteiger partial charge in [-0.1, -0.05) is 0 Å². The van der Waals surface area contributed by atoms with Crippen molar-refractivity contribution in [1.82, 2.24) is 14.7 Å². The number of halogens is 1. The first-order chi connectivity index (χ1) is 12.0. The molecule has 0 aliphatic heterocycles. The van der Waals surface area contributed by atoms with Gasteiger partial charge in [0.05, 0.1) is 11.8 Å². The molecule has 132 valence electrons. The highest BCUT2D eigenvalue weighted by Gasteiger charge is 2.33. The summed E-state index contributed by atoms with van der Waals surface area (Å²) in [6.45, 7) is 0.335. The lowest BCUT2D eigenvalue weighted by molar-refractivity contribution is 0.0639. The van der Waals surface area contributed by atoms with E-state index in [1.54, 1.807) is 28.8 Å². The molecule has 1 N–H and O–H groups in total. The standard InChI is InChI=1S/C19H22FN3O2/c1-22(11-17(24)12-5-6-12)19(25)18-15-3-2-4-16(15)23(21-18)14-9-7-13(20)8-10-14/h7-10,12,17,24H,2-6,11H2,1H3. The number of carbonyl (C=O) groups excluding carboxylic acids is 1. The van der Waals surface area contributed by atoms with Gasteiger partial charge in [-0.25, -0.2) is 9.07 Å². The average Bonchev–Trinajstić information content (AvgIpc) is 3.24. The summed E-state index contributed by atoms with van der Waals surface area (Å²) in [5, 5.41) is 14.6. The highest BCUT2D eigenvalue weighted by Crippen LogP contribution is 2.33. The zero-order chi connectivity index (χ0) is 17.6. The van der Waals surface area contributed by atoms with Gasteiger partial charge < -0.3 is 10.0 Å². The topological polar surface area (TPSA) is 58.4 Å². The van der Waals surface area contributed by atoms with Gasteiger partial charge >= 0.3 is 0 Å². The van der Waals surface area contributed by atoms with Gasteiger partial charge in [-0.15, -0.1) is 0 Å². The molecule has 2 aliphatic rings. The molecule has 1 unspecified atom stereocenters. The predicted molar refractivity (Wildman–Crippen MR) is 91.2 cm³/mol. The molecule has 0 radical (unpaired) electrons. The first-order valence-electron chi connectivity index (χ1n) is 8.85. The minimum absolute atomic E-state index is 0.154. The molecule has 2 aromatic rings. The van der Waals surface area contributed by atoms with Gasteiger partial charge in [-0.2, -0.15) is 5.10 Å². The molecule has 1 aromatic carbocycles. The van der Waals surface area contributed by atoms with Gasteiger partial charge in [0, 0.05) is 24.8 Å². The van der Waals surface area contributed by atoms with Crippen LogP contribution in [-0.4, -0.2) is 45.4 Å². The fourth-order valence-corrected chi connectivity index (χ4v) is 3.58. The van der Waals surface area contributed by atoms with Crippen LogP contribution in [0.5, 0.6) is 0 Å². The molecule has 0 spiro atoms. The second-order valence-corrected chi connectivity index (χ2v) is 7.11. The van der Waals surface area contributed by atoms with Crippen LogP contribution >= 0.6 is 0 Å². The molecule has 1 atom stereocenters. The zero-order valence-electron chi connectivity index (χ0n) is 14.3. The molecule has 1 heterocycles. The van der Waals surface area contributed by atoms with Crippen LogP contribution in [0.2, 0.25) is 0 Å². The van der Waals surface area contributed by atoms with Gasteiger partial charge in [-0.3, -0.25) is 4.79 Å². The van der Waals surface area contributed by atoms with E-state index in [9.17, 15) is 14.3 Å². The summed E-state index contributed by atoms with van der Waals surface area (Å²) >= 11 is 0. The number of likely N-dealkylation sites (N-methyl/N-ethyl adjacent to an activating group) is 1. The van der Waals surface area contributed by atoms with Gasteiger partial charge in [-0.05, 0) is 62.3 Å². The van der Waals surface area contributed by atoms with Crippen molar-refractivity contribution in [3.8, 4) is 5.69 Å². The van der Waals surface area contributed by atoms with Gasteiger partial charge in [0.15, 0.2) is 5.69 Å².